The van der Waals surface area contributed by atoms with E-state index in [1.807, 2.05) is 0 Å². The number of carbonyl (C=O) groups is 1. The highest BCUT2D eigenvalue weighted by Gasteiger charge is 2.41. The molecule has 0 unspecified atom stereocenters. The summed E-state index contributed by atoms with van der Waals surface area (Å²) in [5, 5.41) is 0. The third kappa shape index (κ3) is 3.68. The van der Waals surface area contributed by atoms with E-state index in [-0.39, 0.29) is 31.6 Å². The summed E-state index contributed by atoms with van der Waals surface area (Å²) in [4.78, 5) is 17.2. The van der Waals surface area contributed by atoms with Crippen molar-refractivity contribution < 1.29 is 18.3 Å². The Balaban J connectivity index is 2.03. The summed E-state index contributed by atoms with van der Waals surface area (Å²) >= 11 is 0. The Morgan fingerprint density at radius 1 is 1.38 bits per heavy atom. The van der Waals surface area contributed by atoms with Crippen molar-refractivity contribution in [1.29, 1.82) is 0 Å². The van der Waals surface area contributed by atoms with Gasteiger partial charge in [-0.05, 0) is 32.9 Å². The summed E-state index contributed by atoms with van der Waals surface area (Å²) in [5.41, 5.74) is -2.59. The summed E-state index contributed by atoms with van der Waals surface area (Å²) < 4.78 is 33.8. The Morgan fingerprint density at radius 2 is 2.00 bits per heavy atom. The predicted octanol–water partition coefficient (Wildman–Crippen LogP) is 3.42. The second-order valence-electron chi connectivity index (χ2n) is 6.27. The Kier molecular flexibility index (Phi) is 4.16. The molecule has 21 heavy (non-hydrogen) atoms. The molecule has 0 N–H and O–H groups in total. The van der Waals surface area contributed by atoms with E-state index in [4.69, 9.17) is 4.74 Å². The fourth-order valence-corrected chi connectivity index (χ4v) is 2.32. The molecule has 1 fully saturated rings. The van der Waals surface area contributed by atoms with Gasteiger partial charge in [0.1, 0.15) is 17.1 Å². The van der Waals surface area contributed by atoms with Gasteiger partial charge in [-0.25, -0.2) is 13.6 Å². The zero-order valence-corrected chi connectivity index (χ0v) is 12.5. The first-order chi connectivity index (χ1) is 9.71. The maximum absolute atomic E-state index is 14.9. The van der Waals surface area contributed by atoms with Crippen LogP contribution in [0.25, 0.3) is 0 Å². The molecule has 1 amide bonds. The van der Waals surface area contributed by atoms with Gasteiger partial charge >= 0.3 is 6.09 Å². The van der Waals surface area contributed by atoms with Gasteiger partial charge in [-0.15, -0.1) is 0 Å². The molecule has 2 rings (SSSR count). The van der Waals surface area contributed by atoms with Gasteiger partial charge in [-0.3, -0.25) is 4.98 Å². The van der Waals surface area contributed by atoms with E-state index in [9.17, 15) is 13.6 Å². The molecule has 0 saturated carbocycles. The van der Waals surface area contributed by atoms with Crippen LogP contribution >= 0.6 is 0 Å². The van der Waals surface area contributed by atoms with Crippen molar-refractivity contribution in [3.63, 3.8) is 0 Å². The average molecular weight is 298 g/mol. The molecule has 1 aromatic heterocycles. The highest BCUT2D eigenvalue weighted by Crippen LogP contribution is 2.37. The summed E-state index contributed by atoms with van der Waals surface area (Å²) in [6.07, 6.45) is 0.936. The lowest BCUT2D eigenvalue weighted by atomic mass is 9.89. The molecule has 0 bridgehead atoms. The van der Waals surface area contributed by atoms with Crippen molar-refractivity contribution in [2.75, 3.05) is 13.1 Å². The maximum atomic E-state index is 14.9. The van der Waals surface area contributed by atoms with Crippen molar-refractivity contribution in [3.05, 3.63) is 29.8 Å². The van der Waals surface area contributed by atoms with Gasteiger partial charge in [0.15, 0.2) is 5.67 Å². The number of carbonyl (C=O) groups excluding carboxylic acids is 1. The quantitative estimate of drug-likeness (QED) is 0.798. The lowest BCUT2D eigenvalue weighted by molar-refractivity contribution is 0.000467. The number of likely N-dealkylation sites (tertiary alicyclic amines) is 1. The number of ether oxygens (including phenoxy) is 1. The van der Waals surface area contributed by atoms with Crippen LogP contribution in [0, 0.1) is 5.82 Å². The van der Waals surface area contributed by atoms with E-state index < -0.39 is 23.2 Å². The lowest BCUT2D eigenvalue weighted by Gasteiger charge is -2.36. The molecule has 0 aliphatic carbocycles. The van der Waals surface area contributed by atoms with Crippen LogP contribution < -0.4 is 0 Å². The molecule has 116 valence electrons. The Labute approximate surface area is 123 Å². The minimum Gasteiger partial charge on any atom is -0.444 e. The number of alkyl halides is 1. The van der Waals surface area contributed by atoms with Gasteiger partial charge in [0, 0.05) is 32.1 Å². The predicted molar refractivity (Wildman–Crippen MR) is 74.0 cm³/mol. The summed E-state index contributed by atoms with van der Waals surface area (Å²) in [6.45, 7) is 5.69. The molecule has 6 heteroatoms. The van der Waals surface area contributed by atoms with E-state index in [0.29, 0.717) is 0 Å². The zero-order chi connectivity index (χ0) is 15.7. The van der Waals surface area contributed by atoms with E-state index in [1.54, 1.807) is 20.8 Å². The second kappa shape index (κ2) is 5.58. The Morgan fingerprint density at radius 3 is 2.52 bits per heavy atom. The van der Waals surface area contributed by atoms with Crippen LogP contribution in [0.4, 0.5) is 13.6 Å². The molecule has 0 aromatic carbocycles. The van der Waals surface area contributed by atoms with Crippen molar-refractivity contribution >= 4 is 6.09 Å². The summed E-state index contributed by atoms with van der Waals surface area (Å²) in [6, 6.07) is 2.63. The lowest BCUT2D eigenvalue weighted by Crippen LogP contribution is -2.45. The Bertz CT molecular complexity index is 521. The molecular formula is C15H20F2N2O2. The van der Waals surface area contributed by atoms with Crippen LogP contribution in [0.2, 0.25) is 0 Å². The molecule has 0 radical (unpaired) electrons. The van der Waals surface area contributed by atoms with Gasteiger partial charge < -0.3 is 9.64 Å². The first-order valence-corrected chi connectivity index (χ1v) is 6.99. The van der Waals surface area contributed by atoms with E-state index >= 15 is 0 Å². The van der Waals surface area contributed by atoms with Gasteiger partial charge in [-0.1, -0.05) is 0 Å². The molecule has 1 aromatic rings. The average Bonchev–Trinajstić information content (AvgIpc) is 2.37. The number of hydrogen-bond acceptors (Lipinski definition) is 3. The van der Waals surface area contributed by atoms with Crippen molar-refractivity contribution in [1.82, 2.24) is 9.88 Å². The first kappa shape index (κ1) is 15.7. The minimum atomic E-state index is -1.83. The van der Waals surface area contributed by atoms with E-state index in [1.165, 1.54) is 23.2 Å². The number of aromatic nitrogens is 1. The number of piperidine rings is 1. The van der Waals surface area contributed by atoms with Gasteiger partial charge in [-0.2, -0.15) is 0 Å². The maximum Gasteiger partial charge on any atom is 0.410 e. The largest absolute Gasteiger partial charge is 0.444 e. The van der Waals surface area contributed by atoms with Crippen LogP contribution in [0.3, 0.4) is 0 Å². The number of rotatable bonds is 1. The number of pyridine rings is 1. The number of amides is 1. The van der Waals surface area contributed by atoms with Gasteiger partial charge in [0.25, 0.3) is 0 Å². The normalized spacial score (nSPS) is 18.4. The first-order valence-electron chi connectivity index (χ1n) is 6.99. The van der Waals surface area contributed by atoms with E-state index in [2.05, 4.69) is 4.98 Å². The fraction of sp³-hybridized carbons (Fsp3) is 0.600. The molecule has 2 heterocycles. The minimum absolute atomic E-state index is 0.0141. The van der Waals surface area contributed by atoms with Crippen LogP contribution in [0.15, 0.2) is 18.3 Å². The molecule has 1 aliphatic rings. The SMILES string of the molecule is CC(C)(C)OC(=O)N1CCC(F)(c2ncccc2F)CC1. The Hall–Kier alpha value is -1.72. The highest BCUT2D eigenvalue weighted by atomic mass is 19.1. The number of nitrogens with zero attached hydrogens (tertiary/aromatic N) is 2. The standard InChI is InChI=1S/C15H20F2N2O2/c1-14(2,3)21-13(20)19-9-6-15(17,7-10-19)12-11(16)5-4-8-18-12/h4-5,8H,6-7,9-10H2,1-3H3. The van der Waals surface area contributed by atoms with Crippen molar-refractivity contribution in [2.45, 2.75) is 44.9 Å². The van der Waals surface area contributed by atoms with Crippen LogP contribution in [0.5, 0.6) is 0 Å². The topological polar surface area (TPSA) is 42.4 Å². The van der Waals surface area contributed by atoms with E-state index in [0.717, 1.165) is 0 Å². The van der Waals surface area contributed by atoms with Crippen LogP contribution in [-0.2, 0) is 10.4 Å². The smallest absolute Gasteiger partial charge is 0.410 e. The van der Waals surface area contributed by atoms with Gasteiger partial charge in [0.2, 0.25) is 0 Å². The third-order valence-corrected chi connectivity index (χ3v) is 3.39. The number of hydrogen-bond donors (Lipinski definition) is 0. The van der Waals surface area contributed by atoms with Crippen molar-refractivity contribution in [3.8, 4) is 0 Å². The molecular weight excluding hydrogens is 278 g/mol. The van der Waals surface area contributed by atoms with Crippen molar-refractivity contribution in [2.24, 2.45) is 0 Å². The highest BCUT2D eigenvalue weighted by molar-refractivity contribution is 5.68. The summed E-state index contributed by atoms with van der Waals surface area (Å²) in [5.74, 6) is -0.647. The van der Waals surface area contributed by atoms with Crippen LogP contribution in [0.1, 0.15) is 39.3 Å². The molecule has 0 spiro atoms. The van der Waals surface area contributed by atoms with Gasteiger partial charge in [0.05, 0.1) is 0 Å². The monoisotopic (exact) mass is 298 g/mol. The second-order valence-corrected chi connectivity index (χ2v) is 6.27. The zero-order valence-electron chi connectivity index (χ0n) is 12.5. The molecule has 1 aliphatic heterocycles. The number of halogens is 2. The molecule has 4 nitrogen and oxygen atoms in total. The molecule has 0 atom stereocenters. The third-order valence-electron chi connectivity index (χ3n) is 3.39. The van der Waals surface area contributed by atoms with Crippen LogP contribution in [-0.4, -0.2) is 34.7 Å². The molecule has 1 saturated heterocycles. The summed E-state index contributed by atoms with van der Waals surface area (Å²) in [7, 11) is 0. The fourth-order valence-electron chi connectivity index (χ4n) is 2.32.